The number of carbonyl (C=O) groups excluding carboxylic acids is 2. The number of aryl methyl sites for hydroxylation is 1. The first-order valence-corrected chi connectivity index (χ1v) is 9.87. The number of likely N-dealkylation sites (tertiary alicyclic amines) is 2. The van der Waals surface area contributed by atoms with E-state index in [9.17, 15) is 9.59 Å². The number of nitrogens with zero attached hydrogens (tertiary/aromatic N) is 3. The van der Waals surface area contributed by atoms with Crippen LogP contribution in [0.5, 0.6) is 0 Å². The van der Waals surface area contributed by atoms with Gasteiger partial charge in [-0.25, -0.2) is 4.98 Å². The number of hydrogen-bond donors (Lipinski definition) is 1. The molecular weight excluding hydrogens is 340 g/mol. The van der Waals surface area contributed by atoms with Gasteiger partial charge in [0.25, 0.3) is 0 Å². The molecule has 2 aliphatic heterocycles. The van der Waals surface area contributed by atoms with E-state index in [0.29, 0.717) is 13.0 Å². The molecule has 142 valence electrons. The lowest BCUT2D eigenvalue weighted by molar-refractivity contribution is -0.144. The topological polar surface area (TPSA) is 69.3 Å². The number of carbonyl (C=O) groups is 2. The van der Waals surface area contributed by atoms with Crippen molar-refractivity contribution >= 4 is 11.8 Å². The normalized spacial score (nSPS) is 22.4. The van der Waals surface area contributed by atoms with E-state index < -0.39 is 0 Å². The average Bonchev–Trinajstić information content (AvgIpc) is 3.46. The second kappa shape index (κ2) is 7.94. The molecule has 0 saturated carbocycles. The third-order valence-electron chi connectivity index (χ3n) is 5.70. The van der Waals surface area contributed by atoms with Crippen molar-refractivity contribution in [2.24, 2.45) is 0 Å². The van der Waals surface area contributed by atoms with E-state index >= 15 is 0 Å². The van der Waals surface area contributed by atoms with Crippen LogP contribution in [0.1, 0.15) is 49.5 Å². The monoisotopic (exact) mass is 366 g/mol. The van der Waals surface area contributed by atoms with Crippen molar-refractivity contribution in [2.75, 3.05) is 13.1 Å². The number of rotatable bonds is 5. The molecule has 1 aromatic heterocycles. The molecule has 0 radical (unpaired) electrons. The summed E-state index contributed by atoms with van der Waals surface area (Å²) in [6, 6.07) is 9.73. The minimum absolute atomic E-state index is 0.00868. The van der Waals surface area contributed by atoms with Crippen LogP contribution in [0.25, 0.3) is 0 Å². The summed E-state index contributed by atoms with van der Waals surface area (Å²) in [6.07, 6.45) is 8.26. The lowest BCUT2D eigenvalue weighted by atomic mass is 10.1. The molecule has 0 spiro atoms. The van der Waals surface area contributed by atoms with Gasteiger partial charge in [-0.3, -0.25) is 9.59 Å². The molecule has 0 bridgehead atoms. The number of benzene rings is 1. The Morgan fingerprint density at radius 1 is 1.07 bits per heavy atom. The second-order valence-corrected chi connectivity index (χ2v) is 7.39. The van der Waals surface area contributed by atoms with E-state index in [2.05, 4.69) is 9.97 Å². The zero-order chi connectivity index (χ0) is 18.6. The summed E-state index contributed by atoms with van der Waals surface area (Å²) in [7, 11) is 0. The minimum atomic E-state index is -0.316. The Morgan fingerprint density at radius 3 is 2.63 bits per heavy atom. The highest BCUT2D eigenvalue weighted by atomic mass is 16.2. The first kappa shape index (κ1) is 17.8. The Bertz CT molecular complexity index is 775. The SMILES string of the molecule is O=C(CCc1ccccc1)N1CCC[C@H]1C(=O)N1CCC[C@H]1c1ncc[nH]1. The summed E-state index contributed by atoms with van der Waals surface area (Å²) in [5.74, 6) is 1.02. The van der Waals surface area contributed by atoms with Crippen molar-refractivity contribution in [1.29, 1.82) is 0 Å². The van der Waals surface area contributed by atoms with Gasteiger partial charge in [0.15, 0.2) is 0 Å². The first-order valence-electron chi connectivity index (χ1n) is 9.87. The maximum atomic E-state index is 13.2. The van der Waals surface area contributed by atoms with Crippen molar-refractivity contribution in [3.05, 3.63) is 54.1 Å². The van der Waals surface area contributed by atoms with Crippen LogP contribution in [0.3, 0.4) is 0 Å². The number of amides is 2. The molecule has 2 atom stereocenters. The van der Waals surface area contributed by atoms with Crippen molar-refractivity contribution in [3.63, 3.8) is 0 Å². The van der Waals surface area contributed by atoms with Crippen LogP contribution in [0.4, 0.5) is 0 Å². The first-order chi connectivity index (χ1) is 13.2. The molecule has 4 rings (SSSR count). The van der Waals surface area contributed by atoms with Crippen LogP contribution < -0.4 is 0 Å². The van der Waals surface area contributed by atoms with E-state index in [1.165, 1.54) is 0 Å². The molecule has 0 unspecified atom stereocenters. The van der Waals surface area contributed by atoms with Gasteiger partial charge in [0.1, 0.15) is 11.9 Å². The molecule has 1 aromatic carbocycles. The van der Waals surface area contributed by atoms with Gasteiger partial charge in [-0.05, 0) is 37.7 Å². The van der Waals surface area contributed by atoms with Crippen molar-refractivity contribution in [1.82, 2.24) is 19.8 Å². The van der Waals surface area contributed by atoms with Crippen LogP contribution in [-0.2, 0) is 16.0 Å². The zero-order valence-electron chi connectivity index (χ0n) is 15.5. The van der Waals surface area contributed by atoms with Gasteiger partial charge in [0.2, 0.25) is 11.8 Å². The van der Waals surface area contributed by atoms with Crippen LogP contribution in [-0.4, -0.2) is 50.7 Å². The highest BCUT2D eigenvalue weighted by molar-refractivity contribution is 5.88. The molecule has 6 heteroatoms. The molecule has 1 N–H and O–H groups in total. The molecule has 2 amide bonds. The molecule has 0 aliphatic carbocycles. The van der Waals surface area contributed by atoms with Gasteiger partial charge in [-0.1, -0.05) is 30.3 Å². The summed E-state index contributed by atoms with van der Waals surface area (Å²) in [6.45, 7) is 1.43. The number of aromatic amines is 1. The Labute approximate surface area is 159 Å². The predicted octanol–water partition coefficient (Wildman–Crippen LogP) is 2.70. The van der Waals surface area contributed by atoms with Gasteiger partial charge in [0.05, 0.1) is 6.04 Å². The zero-order valence-corrected chi connectivity index (χ0v) is 15.5. The smallest absolute Gasteiger partial charge is 0.245 e. The van der Waals surface area contributed by atoms with Gasteiger partial charge in [0, 0.05) is 31.9 Å². The van der Waals surface area contributed by atoms with E-state index in [-0.39, 0.29) is 23.9 Å². The van der Waals surface area contributed by atoms with Crippen LogP contribution >= 0.6 is 0 Å². The third-order valence-corrected chi connectivity index (χ3v) is 5.70. The molecule has 2 saturated heterocycles. The fourth-order valence-electron chi connectivity index (χ4n) is 4.33. The van der Waals surface area contributed by atoms with E-state index in [1.54, 1.807) is 12.4 Å². The number of nitrogens with one attached hydrogen (secondary N) is 1. The summed E-state index contributed by atoms with van der Waals surface area (Å²) in [5, 5.41) is 0. The quantitative estimate of drug-likeness (QED) is 0.885. The van der Waals surface area contributed by atoms with Crippen molar-refractivity contribution in [3.8, 4) is 0 Å². The molecule has 2 fully saturated rings. The third kappa shape index (κ3) is 3.75. The summed E-state index contributed by atoms with van der Waals surface area (Å²) < 4.78 is 0. The summed E-state index contributed by atoms with van der Waals surface area (Å²) in [4.78, 5) is 37.2. The predicted molar refractivity (Wildman–Crippen MR) is 102 cm³/mol. The van der Waals surface area contributed by atoms with Crippen LogP contribution in [0, 0.1) is 0 Å². The van der Waals surface area contributed by atoms with Gasteiger partial charge >= 0.3 is 0 Å². The molecule has 3 heterocycles. The highest BCUT2D eigenvalue weighted by Crippen LogP contribution is 2.32. The molecular formula is C21H26N4O2. The molecule has 2 aromatic rings. The number of hydrogen-bond acceptors (Lipinski definition) is 3. The maximum Gasteiger partial charge on any atom is 0.245 e. The second-order valence-electron chi connectivity index (χ2n) is 7.39. The van der Waals surface area contributed by atoms with Crippen LogP contribution in [0.2, 0.25) is 0 Å². The number of aromatic nitrogens is 2. The average molecular weight is 366 g/mol. The fraction of sp³-hybridized carbons (Fsp3) is 0.476. The number of imidazole rings is 1. The minimum Gasteiger partial charge on any atom is -0.347 e. The van der Waals surface area contributed by atoms with E-state index in [4.69, 9.17) is 0 Å². The lowest BCUT2D eigenvalue weighted by Crippen LogP contribution is -2.47. The maximum absolute atomic E-state index is 13.2. The molecule has 6 nitrogen and oxygen atoms in total. The fourth-order valence-corrected chi connectivity index (χ4v) is 4.33. The van der Waals surface area contributed by atoms with E-state index in [1.807, 2.05) is 40.1 Å². The number of H-pyrrole nitrogens is 1. The Balaban J connectivity index is 1.41. The molecule has 2 aliphatic rings. The Morgan fingerprint density at radius 2 is 1.85 bits per heavy atom. The van der Waals surface area contributed by atoms with Crippen LogP contribution in [0.15, 0.2) is 42.7 Å². The van der Waals surface area contributed by atoms with Gasteiger partial charge in [-0.2, -0.15) is 0 Å². The largest absolute Gasteiger partial charge is 0.347 e. The van der Waals surface area contributed by atoms with E-state index in [0.717, 1.165) is 50.0 Å². The lowest BCUT2D eigenvalue weighted by Gasteiger charge is -2.31. The van der Waals surface area contributed by atoms with Gasteiger partial charge in [-0.15, -0.1) is 0 Å². The van der Waals surface area contributed by atoms with Crippen molar-refractivity contribution < 1.29 is 9.59 Å². The highest BCUT2D eigenvalue weighted by Gasteiger charge is 2.40. The Hall–Kier alpha value is -2.63. The standard InChI is InChI=1S/C21H26N4O2/c26-19(11-10-16-6-2-1-3-7-16)24-14-5-9-18(24)21(27)25-15-4-8-17(25)20-22-12-13-23-20/h1-3,6-7,12-13,17-18H,4-5,8-11,14-15H2,(H,22,23)/t17-,18-/m0/s1. The molecule has 27 heavy (non-hydrogen) atoms. The summed E-state index contributed by atoms with van der Waals surface area (Å²) >= 11 is 0. The summed E-state index contributed by atoms with van der Waals surface area (Å²) in [5.41, 5.74) is 1.16. The Kier molecular flexibility index (Phi) is 5.23. The van der Waals surface area contributed by atoms with Crippen molar-refractivity contribution in [2.45, 2.75) is 50.6 Å². The van der Waals surface area contributed by atoms with Gasteiger partial charge < -0.3 is 14.8 Å².